The monoisotopic (exact) mass is 249 g/mol. The van der Waals surface area contributed by atoms with E-state index in [1.165, 1.54) is 12.1 Å². The van der Waals surface area contributed by atoms with Crippen molar-refractivity contribution in [2.45, 2.75) is 37.7 Å². The third-order valence-corrected chi connectivity index (χ3v) is 3.76. The Kier molecular flexibility index (Phi) is 3.04. The maximum atomic E-state index is 13.2. The molecule has 2 atom stereocenters. The number of carbonyl (C=O) groups excluding carboxylic acids is 1. The van der Waals surface area contributed by atoms with E-state index in [-0.39, 0.29) is 23.7 Å². The van der Waals surface area contributed by atoms with Gasteiger partial charge in [-0.3, -0.25) is 4.79 Å². The summed E-state index contributed by atoms with van der Waals surface area (Å²) in [5.74, 6) is -0.304. The second-order valence-corrected chi connectivity index (χ2v) is 5.00. The van der Waals surface area contributed by atoms with Crippen molar-refractivity contribution in [3.8, 4) is 0 Å². The molecule has 2 unspecified atom stereocenters. The maximum Gasteiger partial charge on any atom is 0.225 e. The summed E-state index contributed by atoms with van der Waals surface area (Å²) in [6.45, 7) is 0.763. The Balaban J connectivity index is 1.93. The second-order valence-electron chi connectivity index (χ2n) is 5.00. The lowest BCUT2D eigenvalue weighted by Crippen LogP contribution is -2.33. The number of amides is 1. The SMILES string of the molecule is O=C1CC(C2CCCCO2)c2ccc(F)cc2N1. The summed E-state index contributed by atoms with van der Waals surface area (Å²) in [6.07, 6.45) is 3.73. The first kappa shape index (κ1) is 11.7. The molecule has 18 heavy (non-hydrogen) atoms. The number of ether oxygens (including phenoxy) is 1. The van der Waals surface area contributed by atoms with Gasteiger partial charge in [-0.25, -0.2) is 4.39 Å². The second kappa shape index (κ2) is 4.69. The average molecular weight is 249 g/mol. The predicted octanol–water partition coefficient (Wildman–Crippen LogP) is 2.82. The molecule has 96 valence electrons. The van der Waals surface area contributed by atoms with Crippen LogP contribution in [0.5, 0.6) is 0 Å². The number of rotatable bonds is 1. The molecule has 2 aliphatic rings. The van der Waals surface area contributed by atoms with Crippen LogP contribution >= 0.6 is 0 Å². The Hall–Kier alpha value is -1.42. The summed E-state index contributed by atoms with van der Waals surface area (Å²) >= 11 is 0. The van der Waals surface area contributed by atoms with Gasteiger partial charge in [0.1, 0.15) is 5.82 Å². The molecule has 1 aromatic rings. The molecule has 3 rings (SSSR count). The van der Waals surface area contributed by atoms with Crippen LogP contribution < -0.4 is 5.32 Å². The number of anilines is 1. The van der Waals surface area contributed by atoms with Gasteiger partial charge >= 0.3 is 0 Å². The fourth-order valence-electron chi connectivity index (χ4n) is 2.89. The molecule has 0 bridgehead atoms. The van der Waals surface area contributed by atoms with Crippen LogP contribution in [-0.2, 0) is 9.53 Å². The zero-order valence-electron chi connectivity index (χ0n) is 10.1. The Morgan fingerprint density at radius 2 is 2.22 bits per heavy atom. The minimum atomic E-state index is -0.320. The topological polar surface area (TPSA) is 38.3 Å². The van der Waals surface area contributed by atoms with Crippen molar-refractivity contribution < 1.29 is 13.9 Å². The number of carbonyl (C=O) groups is 1. The van der Waals surface area contributed by atoms with Crippen LogP contribution in [0.15, 0.2) is 18.2 Å². The summed E-state index contributed by atoms with van der Waals surface area (Å²) in [4.78, 5) is 11.7. The van der Waals surface area contributed by atoms with E-state index in [9.17, 15) is 9.18 Å². The van der Waals surface area contributed by atoms with Crippen molar-refractivity contribution in [2.24, 2.45) is 0 Å². The van der Waals surface area contributed by atoms with Gasteiger partial charge < -0.3 is 10.1 Å². The lowest BCUT2D eigenvalue weighted by Gasteiger charge is -2.34. The first-order valence-corrected chi connectivity index (χ1v) is 6.45. The van der Waals surface area contributed by atoms with Gasteiger partial charge in [0.05, 0.1) is 6.10 Å². The third kappa shape index (κ3) is 2.12. The Bertz CT molecular complexity index is 469. The summed E-state index contributed by atoms with van der Waals surface area (Å²) in [7, 11) is 0. The van der Waals surface area contributed by atoms with Gasteiger partial charge in [-0.15, -0.1) is 0 Å². The first-order chi connectivity index (χ1) is 8.74. The molecular formula is C14H16FNO2. The molecule has 0 radical (unpaired) electrons. The Labute approximate surface area is 105 Å². The highest BCUT2D eigenvalue weighted by atomic mass is 19.1. The van der Waals surface area contributed by atoms with Gasteiger partial charge in [0.2, 0.25) is 5.91 Å². The predicted molar refractivity (Wildman–Crippen MR) is 66.0 cm³/mol. The van der Waals surface area contributed by atoms with Crippen LogP contribution in [-0.4, -0.2) is 18.6 Å². The van der Waals surface area contributed by atoms with E-state index in [0.29, 0.717) is 12.1 Å². The number of nitrogens with one attached hydrogen (secondary N) is 1. The third-order valence-electron chi connectivity index (χ3n) is 3.76. The zero-order chi connectivity index (χ0) is 12.5. The Morgan fingerprint density at radius 3 is 3.00 bits per heavy atom. The highest BCUT2D eigenvalue weighted by Crippen LogP contribution is 2.38. The first-order valence-electron chi connectivity index (χ1n) is 6.45. The lowest BCUT2D eigenvalue weighted by molar-refractivity contribution is -0.118. The molecule has 0 aliphatic carbocycles. The van der Waals surface area contributed by atoms with Gasteiger partial charge in [0.25, 0.3) is 0 Å². The highest BCUT2D eigenvalue weighted by Gasteiger charge is 2.33. The minimum absolute atomic E-state index is 0.0488. The number of hydrogen-bond donors (Lipinski definition) is 1. The molecule has 2 heterocycles. The molecule has 0 aromatic heterocycles. The van der Waals surface area contributed by atoms with E-state index < -0.39 is 0 Å². The number of halogens is 1. The van der Waals surface area contributed by atoms with Crippen LogP contribution in [0.2, 0.25) is 0 Å². The van der Waals surface area contributed by atoms with E-state index in [4.69, 9.17) is 4.74 Å². The van der Waals surface area contributed by atoms with Gasteiger partial charge in [-0.1, -0.05) is 6.07 Å². The van der Waals surface area contributed by atoms with E-state index in [1.807, 2.05) is 0 Å². The Morgan fingerprint density at radius 1 is 1.33 bits per heavy atom. The molecule has 1 fully saturated rings. The summed E-state index contributed by atoms with van der Waals surface area (Å²) in [5.41, 5.74) is 1.60. The summed E-state index contributed by atoms with van der Waals surface area (Å²) in [5, 5.41) is 2.74. The van der Waals surface area contributed by atoms with E-state index in [1.54, 1.807) is 6.07 Å². The lowest BCUT2D eigenvalue weighted by atomic mass is 9.83. The van der Waals surface area contributed by atoms with E-state index in [0.717, 1.165) is 31.4 Å². The molecule has 4 heteroatoms. The van der Waals surface area contributed by atoms with E-state index in [2.05, 4.69) is 5.32 Å². The van der Waals surface area contributed by atoms with Crippen molar-refractivity contribution in [2.75, 3.05) is 11.9 Å². The van der Waals surface area contributed by atoms with Crippen molar-refractivity contribution in [1.82, 2.24) is 0 Å². The smallest absolute Gasteiger partial charge is 0.225 e. The van der Waals surface area contributed by atoms with Crippen LogP contribution in [0.1, 0.15) is 37.2 Å². The largest absolute Gasteiger partial charge is 0.378 e. The maximum absolute atomic E-state index is 13.2. The van der Waals surface area contributed by atoms with Gasteiger partial charge in [0.15, 0.2) is 0 Å². The van der Waals surface area contributed by atoms with Gasteiger partial charge in [-0.2, -0.15) is 0 Å². The van der Waals surface area contributed by atoms with Crippen molar-refractivity contribution in [3.05, 3.63) is 29.6 Å². The fourth-order valence-corrected chi connectivity index (χ4v) is 2.89. The number of benzene rings is 1. The quantitative estimate of drug-likeness (QED) is 0.831. The summed E-state index contributed by atoms with van der Waals surface area (Å²) in [6, 6.07) is 4.61. The number of hydrogen-bond acceptors (Lipinski definition) is 2. The standard InChI is InChI=1S/C14H16FNO2/c15-9-4-5-10-11(13-3-1-2-6-18-13)8-14(17)16-12(10)7-9/h4-5,7,11,13H,1-3,6,8H2,(H,16,17). The average Bonchev–Trinajstić information content (AvgIpc) is 2.38. The van der Waals surface area contributed by atoms with Crippen LogP contribution in [0.25, 0.3) is 0 Å². The van der Waals surface area contributed by atoms with Crippen LogP contribution in [0.4, 0.5) is 10.1 Å². The zero-order valence-corrected chi connectivity index (χ0v) is 10.1. The van der Waals surface area contributed by atoms with Gasteiger partial charge in [-0.05, 0) is 37.0 Å². The molecule has 1 amide bonds. The molecule has 0 spiro atoms. The minimum Gasteiger partial charge on any atom is -0.378 e. The molecular weight excluding hydrogens is 233 g/mol. The molecule has 3 nitrogen and oxygen atoms in total. The molecule has 2 aliphatic heterocycles. The van der Waals surface area contributed by atoms with Gasteiger partial charge in [0, 0.05) is 24.6 Å². The molecule has 1 aromatic carbocycles. The summed E-state index contributed by atoms with van der Waals surface area (Å²) < 4.78 is 19.0. The highest BCUT2D eigenvalue weighted by molar-refractivity contribution is 5.94. The van der Waals surface area contributed by atoms with E-state index >= 15 is 0 Å². The van der Waals surface area contributed by atoms with Crippen LogP contribution in [0, 0.1) is 5.82 Å². The van der Waals surface area contributed by atoms with Crippen LogP contribution in [0.3, 0.4) is 0 Å². The molecule has 1 N–H and O–H groups in total. The van der Waals surface area contributed by atoms with Crippen molar-refractivity contribution in [1.29, 1.82) is 0 Å². The van der Waals surface area contributed by atoms with Crippen molar-refractivity contribution in [3.63, 3.8) is 0 Å². The van der Waals surface area contributed by atoms with Crippen molar-refractivity contribution >= 4 is 11.6 Å². The number of fused-ring (bicyclic) bond motifs is 1. The molecule has 1 saturated heterocycles. The normalized spacial score (nSPS) is 27.5. The molecule has 0 saturated carbocycles. The fraction of sp³-hybridized carbons (Fsp3) is 0.500.